The average Bonchev–Trinajstić information content (AvgIpc) is 2.91. The zero-order valence-electron chi connectivity index (χ0n) is 12.6. The SMILES string of the molecule is CCCCCCCOc1nsnc1C1=CCCCN1C. The fourth-order valence-corrected chi connectivity index (χ4v) is 2.93. The summed E-state index contributed by atoms with van der Waals surface area (Å²) in [5.74, 6) is 0.713. The monoisotopic (exact) mass is 295 g/mol. The lowest BCUT2D eigenvalue weighted by Crippen LogP contribution is -2.21. The minimum Gasteiger partial charge on any atom is -0.475 e. The van der Waals surface area contributed by atoms with Gasteiger partial charge in [-0.05, 0) is 19.3 Å². The first-order valence-electron chi connectivity index (χ1n) is 7.70. The van der Waals surface area contributed by atoms with Gasteiger partial charge < -0.3 is 9.64 Å². The van der Waals surface area contributed by atoms with Crippen LogP contribution in [-0.2, 0) is 0 Å². The Morgan fingerprint density at radius 1 is 1.25 bits per heavy atom. The van der Waals surface area contributed by atoms with Crippen molar-refractivity contribution in [1.82, 2.24) is 13.6 Å². The average molecular weight is 295 g/mol. The van der Waals surface area contributed by atoms with Crippen molar-refractivity contribution in [1.29, 1.82) is 0 Å². The van der Waals surface area contributed by atoms with E-state index in [1.807, 2.05) is 0 Å². The van der Waals surface area contributed by atoms with Crippen LogP contribution in [0.25, 0.3) is 5.70 Å². The molecule has 0 amide bonds. The number of rotatable bonds is 8. The van der Waals surface area contributed by atoms with Crippen molar-refractivity contribution in [3.8, 4) is 5.88 Å². The Hall–Kier alpha value is -1.10. The second-order valence-electron chi connectivity index (χ2n) is 5.33. The fourth-order valence-electron chi connectivity index (χ4n) is 2.43. The van der Waals surface area contributed by atoms with Gasteiger partial charge in [-0.15, -0.1) is 4.37 Å². The van der Waals surface area contributed by atoms with Crippen LogP contribution in [0.4, 0.5) is 0 Å². The Bertz CT molecular complexity index is 431. The van der Waals surface area contributed by atoms with Crippen LogP contribution in [0.1, 0.15) is 57.6 Å². The standard InChI is InChI=1S/C15H25N3OS/c1-3-4-5-6-9-12-19-15-14(16-20-17-15)13-10-7-8-11-18(13)2/h10H,3-9,11-12H2,1-2H3. The van der Waals surface area contributed by atoms with E-state index >= 15 is 0 Å². The van der Waals surface area contributed by atoms with Crippen LogP contribution in [0.2, 0.25) is 0 Å². The molecule has 0 atom stereocenters. The third kappa shape index (κ3) is 4.20. The van der Waals surface area contributed by atoms with Gasteiger partial charge in [-0.1, -0.05) is 38.7 Å². The van der Waals surface area contributed by atoms with Crippen molar-refractivity contribution in [3.63, 3.8) is 0 Å². The van der Waals surface area contributed by atoms with Crippen LogP contribution >= 0.6 is 11.7 Å². The second kappa shape index (κ2) is 8.25. The highest BCUT2D eigenvalue weighted by Crippen LogP contribution is 2.29. The van der Waals surface area contributed by atoms with Gasteiger partial charge in [0.1, 0.15) is 0 Å². The normalized spacial score (nSPS) is 15.3. The molecule has 1 aromatic rings. The molecule has 1 aliphatic heterocycles. The van der Waals surface area contributed by atoms with Crippen molar-refractivity contribution in [3.05, 3.63) is 11.8 Å². The van der Waals surface area contributed by atoms with Crippen LogP contribution in [0.15, 0.2) is 6.08 Å². The van der Waals surface area contributed by atoms with Gasteiger partial charge >= 0.3 is 0 Å². The van der Waals surface area contributed by atoms with E-state index in [1.165, 1.54) is 49.5 Å². The van der Waals surface area contributed by atoms with E-state index in [9.17, 15) is 0 Å². The number of allylic oxidation sites excluding steroid dienone is 1. The topological polar surface area (TPSA) is 38.3 Å². The lowest BCUT2D eigenvalue weighted by molar-refractivity contribution is 0.293. The van der Waals surface area contributed by atoms with Crippen molar-refractivity contribution in [2.24, 2.45) is 0 Å². The summed E-state index contributed by atoms with van der Waals surface area (Å²) in [7, 11) is 2.11. The van der Waals surface area contributed by atoms with Crippen LogP contribution in [0.5, 0.6) is 5.88 Å². The zero-order chi connectivity index (χ0) is 14.2. The van der Waals surface area contributed by atoms with Gasteiger partial charge in [0, 0.05) is 13.6 Å². The van der Waals surface area contributed by atoms with Crippen molar-refractivity contribution >= 4 is 17.4 Å². The quantitative estimate of drug-likeness (QED) is 0.681. The van der Waals surface area contributed by atoms with E-state index in [1.54, 1.807) is 0 Å². The molecule has 0 aliphatic carbocycles. The van der Waals surface area contributed by atoms with Gasteiger partial charge in [-0.3, -0.25) is 0 Å². The van der Waals surface area contributed by atoms with Gasteiger partial charge in [0.05, 0.1) is 24.0 Å². The van der Waals surface area contributed by atoms with Gasteiger partial charge in [-0.2, -0.15) is 4.37 Å². The van der Waals surface area contributed by atoms with E-state index in [0.717, 1.165) is 31.7 Å². The summed E-state index contributed by atoms with van der Waals surface area (Å²) in [5, 5.41) is 0. The molecule has 5 heteroatoms. The maximum Gasteiger partial charge on any atom is 0.255 e. The molecular formula is C15H25N3OS. The molecule has 1 aromatic heterocycles. The van der Waals surface area contributed by atoms with E-state index in [2.05, 4.69) is 33.7 Å². The lowest BCUT2D eigenvalue weighted by Gasteiger charge is -2.25. The molecule has 0 unspecified atom stereocenters. The Morgan fingerprint density at radius 3 is 2.90 bits per heavy atom. The lowest BCUT2D eigenvalue weighted by atomic mass is 10.1. The number of aromatic nitrogens is 2. The highest BCUT2D eigenvalue weighted by Gasteiger charge is 2.19. The second-order valence-corrected chi connectivity index (χ2v) is 5.86. The summed E-state index contributed by atoms with van der Waals surface area (Å²) in [6, 6.07) is 0. The summed E-state index contributed by atoms with van der Waals surface area (Å²) in [4.78, 5) is 2.24. The van der Waals surface area contributed by atoms with Crippen molar-refractivity contribution < 1.29 is 4.74 Å². The predicted octanol–water partition coefficient (Wildman–Crippen LogP) is 3.95. The van der Waals surface area contributed by atoms with Crippen molar-refractivity contribution in [2.75, 3.05) is 20.2 Å². The smallest absolute Gasteiger partial charge is 0.255 e. The first-order chi connectivity index (χ1) is 9.83. The molecule has 0 fully saturated rings. The molecule has 0 bridgehead atoms. The largest absolute Gasteiger partial charge is 0.475 e. The fraction of sp³-hybridized carbons (Fsp3) is 0.733. The molecule has 2 rings (SSSR count). The number of hydrogen-bond acceptors (Lipinski definition) is 5. The van der Waals surface area contributed by atoms with E-state index in [4.69, 9.17) is 4.74 Å². The van der Waals surface area contributed by atoms with Crippen LogP contribution in [0, 0.1) is 0 Å². The third-order valence-corrected chi connectivity index (χ3v) is 4.15. The zero-order valence-corrected chi connectivity index (χ0v) is 13.4. The third-order valence-electron chi connectivity index (χ3n) is 3.63. The Morgan fingerprint density at radius 2 is 2.10 bits per heavy atom. The molecule has 4 nitrogen and oxygen atoms in total. The van der Waals surface area contributed by atoms with Crippen LogP contribution in [0.3, 0.4) is 0 Å². The van der Waals surface area contributed by atoms with Crippen LogP contribution < -0.4 is 4.74 Å². The molecule has 0 spiro atoms. The molecule has 1 aliphatic rings. The minimum absolute atomic E-state index is 0.713. The first kappa shape index (κ1) is 15.3. The molecule has 112 valence electrons. The molecule has 0 saturated heterocycles. The van der Waals surface area contributed by atoms with Crippen LogP contribution in [-0.4, -0.2) is 33.8 Å². The number of nitrogens with zero attached hydrogens (tertiary/aromatic N) is 3. The van der Waals surface area contributed by atoms with Gasteiger partial charge in [0.15, 0.2) is 5.69 Å². The summed E-state index contributed by atoms with van der Waals surface area (Å²) < 4.78 is 14.5. The Kier molecular flexibility index (Phi) is 6.30. The molecule has 0 radical (unpaired) electrons. The Labute approximate surface area is 126 Å². The molecule has 20 heavy (non-hydrogen) atoms. The van der Waals surface area contributed by atoms with Gasteiger partial charge in [0.25, 0.3) is 5.88 Å². The highest BCUT2D eigenvalue weighted by atomic mass is 32.1. The maximum absolute atomic E-state index is 5.83. The predicted molar refractivity (Wildman–Crippen MR) is 84.0 cm³/mol. The number of hydrogen-bond donors (Lipinski definition) is 0. The Balaban J connectivity index is 1.84. The molecule has 2 heterocycles. The van der Waals surface area contributed by atoms with Gasteiger partial charge in [0.2, 0.25) is 0 Å². The highest BCUT2D eigenvalue weighted by molar-refractivity contribution is 6.99. The summed E-state index contributed by atoms with van der Waals surface area (Å²) in [6.45, 7) is 4.07. The minimum atomic E-state index is 0.713. The first-order valence-corrected chi connectivity index (χ1v) is 8.43. The number of unbranched alkanes of at least 4 members (excludes halogenated alkanes) is 4. The number of ether oxygens (including phenoxy) is 1. The van der Waals surface area contributed by atoms with Gasteiger partial charge in [-0.25, -0.2) is 0 Å². The molecule has 0 aromatic carbocycles. The molecule has 0 N–H and O–H groups in total. The van der Waals surface area contributed by atoms with Crippen molar-refractivity contribution in [2.45, 2.75) is 51.9 Å². The van der Waals surface area contributed by atoms with E-state index < -0.39 is 0 Å². The maximum atomic E-state index is 5.83. The summed E-state index contributed by atoms with van der Waals surface area (Å²) in [6.07, 6.45) is 10.8. The molecular weight excluding hydrogens is 270 g/mol. The van der Waals surface area contributed by atoms with E-state index in [-0.39, 0.29) is 0 Å². The summed E-state index contributed by atoms with van der Waals surface area (Å²) in [5.41, 5.74) is 2.09. The summed E-state index contributed by atoms with van der Waals surface area (Å²) >= 11 is 1.24. The molecule has 0 saturated carbocycles. The van der Waals surface area contributed by atoms with E-state index in [0.29, 0.717) is 5.88 Å².